The molecule has 3 rings (SSSR count). The van der Waals surface area contributed by atoms with Crippen LogP contribution >= 0.6 is 0 Å². The summed E-state index contributed by atoms with van der Waals surface area (Å²) in [5.41, 5.74) is 1.84. The highest BCUT2D eigenvalue weighted by Gasteiger charge is 2.24. The van der Waals surface area contributed by atoms with Crippen LogP contribution in [0.3, 0.4) is 0 Å². The number of hydrogen-bond donors (Lipinski definition) is 2. The molecule has 1 saturated heterocycles. The lowest BCUT2D eigenvalue weighted by atomic mass is 10.2. The van der Waals surface area contributed by atoms with Crippen molar-refractivity contribution in [2.24, 2.45) is 0 Å². The lowest BCUT2D eigenvalue weighted by Gasteiger charge is -2.16. The highest BCUT2D eigenvalue weighted by Crippen LogP contribution is 2.24. The van der Waals surface area contributed by atoms with Gasteiger partial charge in [-0.2, -0.15) is 0 Å². The van der Waals surface area contributed by atoms with Crippen LogP contribution in [-0.2, 0) is 0 Å². The summed E-state index contributed by atoms with van der Waals surface area (Å²) in [6.45, 7) is 2.99. The molecule has 0 radical (unpaired) electrons. The monoisotopic (exact) mass is 312 g/mol. The third-order valence-electron chi connectivity index (χ3n) is 3.78. The number of hydrogen-bond acceptors (Lipinski definition) is 3. The molecule has 1 atom stereocenters. The Morgan fingerprint density at radius 1 is 1.22 bits per heavy atom. The maximum atomic E-state index is 12.0. The first kappa shape index (κ1) is 15.4. The molecule has 0 unspecified atom stereocenters. The topological polar surface area (TPSA) is 61.8 Å². The standard InChI is InChI=1S/C18H20N2O3/c1-13-3-2-4-17(11-13)23-16-7-5-14(6-8-16)19-18(22)20-10-9-15(21)12-20/h2-8,11,15,21H,9-10,12H2,1H3,(H,19,22)/t15-/m1/s1. The zero-order valence-corrected chi connectivity index (χ0v) is 13.0. The van der Waals surface area contributed by atoms with Crippen LogP contribution in [0.4, 0.5) is 10.5 Å². The number of amides is 2. The number of aliphatic hydroxyl groups excluding tert-OH is 1. The summed E-state index contributed by atoms with van der Waals surface area (Å²) < 4.78 is 5.78. The number of β-amino-alcohol motifs (C(OH)–C–C–N with tert-alkyl or cyclic N) is 1. The Morgan fingerprint density at radius 2 is 2.00 bits per heavy atom. The van der Waals surface area contributed by atoms with Crippen LogP contribution in [0.5, 0.6) is 11.5 Å². The molecule has 1 aliphatic heterocycles. The molecule has 0 spiro atoms. The Bertz CT molecular complexity index is 685. The lowest BCUT2D eigenvalue weighted by molar-refractivity contribution is 0.176. The highest BCUT2D eigenvalue weighted by atomic mass is 16.5. The number of rotatable bonds is 3. The second kappa shape index (κ2) is 6.71. The minimum Gasteiger partial charge on any atom is -0.457 e. The average Bonchev–Trinajstić information content (AvgIpc) is 2.96. The van der Waals surface area contributed by atoms with Crippen molar-refractivity contribution in [2.45, 2.75) is 19.4 Å². The number of anilines is 1. The van der Waals surface area contributed by atoms with E-state index >= 15 is 0 Å². The summed E-state index contributed by atoms with van der Waals surface area (Å²) in [6.07, 6.45) is 0.224. The zero-order valence-electron chi connectivity index (χ0n) is 13.0. The van der Waals surface area contributed by atoms with E-state index < -0.39 is 6.10 Å². The SMILES string of the molecule is Cc1cccc(Oc2ccc(NC(=O)N3CC[C@@H](O)C3)cc2)c1. The summed E-state index contributed by atoms with van der Waals surface area (Å²) in [5.74, 6) is 1.50. The van der Waals surface area contributed by atoms with Crippen LogP contribution in [0.15, 0.2) is 48.5 Å². The summed E-state index contributed by atoms with van der Waals surface area (Å²) in [4.78, 5) is 13.7. The molecule has 23 heavy (non-hydrogen) atoms. The number of ether oxygens (including phenoxy) is 1. The molecule has 0 bridgehead atoms. The molecule has 5 nitrogen and oxygen atoms in total. The maximum Gasteiger partial charge on any atom is 0.321 e. The minimum atomic E-state index is -0.411. The van der Waals surface area contributed by atoms with Crippen LogP contribution in [0.2, 0.25) is 0 Å². The molecule has 1 heterocycles. The van der Waals surface area contributed by atoms with E-state index in [0.29, 0.717) is 30.9 Å². The fourth-order valence-electron chi connectivity index (χ4n) is 2.55. The van der Waals surface area contributed by atoms with Crippen LogP contribution in [-0.4, -0.2) is 35.2 Å². The molecule has 2 aromatic carbocycles. The number of carbonyl (C=O) groups is 1. The Hall–Kier alpha value is -2.53. The third-order valence-corrected chi connectivity index (χ3v) is 3.78. The number of likely N-dealkylation sites (tertiary alicyclic amines) is 1. The van der Waals surface area contributed by atoms with Gasteiger partial charge in [0, 0.05) is 18.8 Å². The van der Waals surface area contributed by atoms with Crippen molar-refractivity contribution in [2.75, 3.05) is 18.4 Å². The number of benzene rings is 2. The Labute approximate surface area is 135 Å². The molecular weight excluding hydrogens is 292 g/mol. The van der Waals surface area contributed by atoms with Crippen LogP contribution < -0.4 is 10.1 Å². The van der Waals surface area contributed by atoms with Crippen molar-refractivity contribution in [3.63, 3.8) is 0 Å². The number of carbonyl (C=O) groups excluding carboxylic acids is 1. The fraction of sp³-hybridized carbons (Fsp3) is 0.278. The quantitative estimate of drug-likeness (QED) is 0.913. The Morgan fingerprint density at radius 3 is 2.65 bits per heavy atom. The van der Waals surface area contributed by atoms with Gasteiger partial charge >= 0.3 is 6.03 Å². The van der Waals surface area contributed by atoms with E-state index in [1.165, 1.54) is 0 Å². The Balaban J connectivity index is 1.59. The van der Waals surface area contributed by atoms with Gasteiger partial charge in [0.25, 0.3) is 0 Å². The number of nitrogens with one attached hydrogen (secondary N) is 1. The van der Waals surface area contributed by atoms with Gasteiger partial charge in [0.15, 0.2) is 0 Å². The van der Waals surface area contributed by atoms with E-state index in [4.69, 9.17) is 4.74 Å². The molecule has 0 saturated carbocycles. The molecule has 120 valence electrons. The van der Waals surface area contributed by atoms with Crippen LogP contribution in [0.25, 0.3) is 0 Å². The van der Waals surface area contributed by atoms with Gasteiger partial charge in [0.05, 0.1) is 6.10 Å². The first-order valence-corrected chi connectivity index (χ1v) is 7.69. The third kappa shape index (κ3) is 4.02. The van der Waals surface area contributed by atoms with Gasteiger partial charge in [-0.25, -0.2) is 4.79 Å². The maximum absolute atomic E-state index is 12.0. The van der Waals surface area contributed by atoms with Crippen LogP contribution in [0, 0.1) is 6.92 Å². The summed E-state index contributed by atoms with van der Waals surface area (Å²) in [6, 6.07) is 14.9. The number of urea groups is 1. The second-order valence-electron chi connectivity index (χ2n) is 5.76. The molecule has 2 aromatic rings. The van der Waals surface area contributed by atoms with Crippen molar-refractivity contribution in [3.05, 3.63) is 54.1 Å². The number of nitrogens with zero attached hydrogens (tertiary/aromatic N) is 1. The average molecular weight is 312 g/mol. The van der Waals surface area contributed by atoms with E-state index in [9.17, 15) is 9.90 Å². The van der Waals surface area contributed by atoms with E-state index in [1.54, 1.807) is 17.0 Å². The molecule has 2 amide bonds. The van der Waals surface area contributed by atoms with Crippen molar-refractivity contribution in [3.8, 4) is 11.5 Å². The van der Waals surface area contributed by atoms with Crippen LogP contribution in [0.1, 0.15) is 12.0 Å². The highest BCUT2D eigenvalue weighted by molar-refractivity contribution is 5.89. The molecule has 1 aliphatic rings. The molecule has 0 aromatic heterocycles. The van der Waals surface area contributed by atoms with Crippen molar-refractivity contribution in [1.29, 1.82) is 0 Å². The normalized spacial score (nSPS) is 17.1. The van der Waals surface area contributed by atoms with Gasteiger partial charge in [-0.3, -0.25) is 0 Å². The summed E-state index contributed by atoms with van der Waals surface area (Å²) in [5, 5.41) is 12.3. The summed E-state index contributed by atoms with van der Waals surface area (Å²) in [7, 11) is 0. The molecule has 5 heteroatoms. The van der Waals surface area contributed by atoms with Gasteiger partial charge in [-0.15, -0.1) is 0 Å². The summed E-state index contributed by atoms with van der Waals surface area (Å²) >= 11 is 0. The van der Waals surface area contributed by atoms with Gasteiger partial charge in [0.1, 0.15) is 11.5 Å². The second-order valence-corrected chi connectivity index (χ2v) is 5.76. The first-order valence-electron chi connectivity index (χ1n) is 7.69. The Kier molecular flexibility index (Phi) is 4.48. The van der Waals surface area contributed by atoms with E-state index in [0.717, 1.165) is 11.3 Å². The van der Waals surface area contributed by atoms with Crippen molar-refractivity contribution >= 4 is 11.7 Å². The van der Waals surface area contributed by atoms with Gasteiger partial charge in [-0.05, 0) is 55.3 Å². The predicted molar refractivity (Wildman–Crippen MR) is 88.9 cm³/mol. The van der Waals surface area contributed by atoms with Crippen molar-refractivity contribution < 1.29 is 14.6 Å². The zero-order chi connectivity index (χ0) is 16.2. The lowest BCUT2D eigenvalue weighted by Crippen LogP contribution is -2.33. The van der Waals surface area contributed by atoms with Crippen molar-refractivity contribution in [1.82, 2.24) is 4.90 Å². The van der Waals surface area contributed by atoms with Gasteiger partial charge in [-0.1, -0.05) is 12.1 Å². The number of aliphatic hydroxyl groups is 1. The molecule has 2 N–H and O–H groups in total. The van der Waals surface area contributed by atoms with E-state index in [2.05, 4.69) is 5.32 Å². The first-order chi connectivity index (χ1) is 11.1. The number of aryl methyl sites for hydroxylation is 1. The smallest absolute Gasteiger partial charge is 0.321 e. The predicted octanol–water partition coefficient (Wildman–Crippen LogP) is 3.39. The van der Waals surface area contributed by atoms with E-state index in [-0.39, 0.29) is 6.03 Å². The van der Waals surface area contributed by atoms with Gasteiger partial charge < -0.3 is 20.1 Å². The fourth-order valence-corrected chi connectivity index (χ4v) is 2.55. The molecular formula is C18H20N2O3. The largest absolute Gasteiger partial charge is 0.457 e. The van der Waals surface area contributed by atoms with E-state index in [1.807, 2.05) is 43.3 Å². The minimum absolute atomic E-state index is 0.186. The molecule has 0 aliphatic carbocycles. The van der Waals surface area contributed by atoms with Gasteiger partial charge in [0.2, 0.25) is 0 Å². The molecule has 1 fully saturated rings.